The molecule has 24 heavy (non-hydrogen) atoms. The molecule has 1 aliphatic heterocycles. The first-order valence-corrected chi connectivity index (χ1v) is 8.66. The summed E-state index contributed by atoms with van der Waals surface area (Å²) in [7, 11) is 0. The zero-order chi connectivity index (χ0) is 17.2. The molecule has 0 radical (unpaired) electrons. The van der Waals surface area contributed by atoms with Crippen molar-refractivity contribution >= 4 is 11.4 Å². The molecule has 3 rings (SSSR count). The third kappa shape index (κ3) is 3.63. The Morgan fingerprint density at radius 1 is 1.33 bits per heavy atom. The molecule has 0 amide bonds. The highest BCUT2D eigenvalue weighted by molar-refractivity contribution is 5.56. The number of halogens is 1. The molecule has 2 N–H and O–H groups in total. The molecule has 1 heterocycles. The van der Waals surface area contributed by atoms with E-state index in [-0.39, 0.29) is 11.7 Å². The zero-order valence-corrected chi connectivity index (χ0v) is 14.1. The summed E-state index contributed by atoms with van der Waals surface area (Å²) in [6.07, 6.45) is 0.970. The molecule has 0 spiro atoms. The Kier molecular flexibility index (Phi) is 4.93. The van der Waals surface area contributed by atoms with Gasteiger partial charge in [-0.2, -0.15) is 5.26 Å². The summed E-state index contributed by atoms with van der Waals surface area (Å²) in [5, 5.41) is 22.1. The SMILES string of the molecule is CCN1CCN(c2ccc(NCC3(O)CC(C#N)C3)cc2F)CC1. The van der Waals surface area contributed by atoms with E-state index in [1.54, 1.807) is 0 Å². The van der Waals surface area contributed by atoms with Crippen LogP contribution < -0.4 is 10.2 Å². The van der Waals surface area contributed by atoms with Gasteiger partial charge in [-0.25, -0.2) is 4.39 Å². The molecule has 1 saturated heterocycles. The molecule has 1 aromatic carbocycles. The maximum absolute atomic E-state index is 14.4. The van der Waals surface area contributed by atoms with Crippen LogP contribution in [-0.4, -0.2) is 54.9 Å². The second kappa shape index (κ2) is 6.96. The summed E-state index contributed by atoms with van der Waals surface area (Å²) in [4.78, 5) is 4.44. The Bertz CT molecular complexity index is 616. The van der Waals surface area contributed by atoms with Crippen molar-refractivity contribution in [2.45, 2.75) is 25.4 Å². The van der Waals surface area contributed by atoms with Gasteiger partial charge in [-0.05, 0) is 37.6 Å². The Morgan fingerprint density at radius 3 is 2.62 bits per heavy atom. The molecule has 1 saturated carbocycles. The fourth-order valence-corrected chi connectivity index (χ4v) is 3.54. The van der Waals surface area contributed by atoms with E-state index in [1.807, 2.05) is 12.1 Å². The number of rotatable bonds is 5. The molecule has 5 nitrogen and oxygen atoms in total. The highest BCUT2D eigenvalue weighted by Gasteiger charge is 2.42. The van der Waals surface area contributed by atoms with Gasteiger partial charge in [-0.15, -0.1) is 0 Å². The van der Waals surface area contributed by atoms with E-state index in [1.165, 1.54) is 6.07 Å². The zero-order valence-electron chi connectivity index (χ0n) is 14.1. The minimum atomic E-state index is -0.841. The first-order chi connectivity index (χ1) is 11.5. The van der Waals surface area contributed by atoms with Gasteiger partial charge in [0.25, 0.3) is 0 Å². The molecule has 0 unspecified atom stereocenters. The highest BCUT2D eigenvalue weighted by atomic mass is 19.1. The van der Waals surface area contributed by atoms with Crippen LogP contribution in [0.3, 0.4) is 0 Å². The predicted octanol–water partition coefficient (Wildman–Crippen LogP) is 2.04. The largest absolute Gasteiger partial charge is 0.388 e. The molecular formula is C18H25FN4O. The Morgan fingerprint density at radius 2 is 2.04 bits per heavy atom. The van der Waals surface area contributed by atoms with Crippen LogP contribution in [-0.2, 0) is 0 Å². The van der Waals surface area contributed by atoms with Crippen LogP contribution >= 0.6 is 0 Å². The van der Waals surface area contributed by atoms with E-state index < -0.39 is 5.60 Å². The number of benzene rings is 1. The van der Waals surface area contributed by atoms with Crippen LogP contribution in [0.15, 0.2) is 18.2 Å². The van der Waals surface area contributed by atoms with Gasteiger partial charge in [0.15, 0.2) is 0 Å². The van der Waals surface area contributed by atoms with Crippen molar-refractivity contribution in [2.75, 3.05) is 49.5 Å². The van der Waals surface area contributed by atoms with Crippen LogP contribution in [0.5, 0.6) is 0 Å². The number of aliphatic hydroxyl groups is 1. The van der Waals surface area contributed by atoms with Gasteiger partial charge in [-0.1, -0.05) is 6.92 Å². The number of anilines is 2. The van der Waals surface area contributed by atoms with Gasteiger partial charge in [0.1, 0.15) is 5.82 Å². The van der Waals surface area contributed by atoms with Crippen LogP contribution in [0.2, 0.25) is 0 Å². The molecule has 1 aromatic rings. The molecular weight excluding hydrogens is 307 g/mol. The summed E-state index contributed by atoms with van der Waals surface area (Å²) in [5.41, 5.74) is 0.465. The van der Waals surface area contributed by atoms with Gasteiger partial charge in [0, 0.05) is 38.4 Å². The van der Waals surface area contributed by atoms with Crippen LogP contribution in [0.25, 0.3) is 0 Å². The van der Waals surface area contributed by atoms with Gasteiger partial charge in [0.05, 0.1) is 23.3 Å². The molecule has 1 aliphatic carbocycles. The van der Waals surface area contributed by atoms with Crippen LogP contribution in [0.1, 0.15) is 19.8 Å². The number of hydrogen-bond donors (Lipinski definition) is 2. The summed E-state index contributed by atoms with van der Waals surface area (Å²) in [5.74, 6) is -0.293. The minimum absolute atomic E-state index is 0.0577. The van der Waals surface area contributed by atoms with Crippen LogP contribution in [0, 0.1) is 23.1 Å². The maximum Gasteiger partial charge on any atom is 0.148 e. The second-order valence-corrected chi connectivity index (χ2v) is 6.90. The fraction of sp³-hybridized carbons (Fsp3) is 0.611. The maximum atomic E-state index is 14.4. The Balaban J connectivity index is 1.56. The summed E-state index contributed by atoms with van der Waals surface area (Å²) < 4.78 is 14.4. The number of piperazine rings is 1. The van der Waals surface area contributed by atoms with E-state index >= 15 is 0 Å². The molecule has 0 bridgehead atoms. The monoisotopic (exact) mass is 332 g/mol. The average Bonchev–Trinajstić information content (AvgIpc) is 2.58. The third-order valence-corrected chi connectivity index (χ3v) is 5.16. The first-order valence-electron chi connectivity index (χ1n) is 8.66. The first kappa shape index (κ1) is 17.0. The van der Waals surface area contributed by atoms with Gasteiger partial charge >= 0.3 is 0 Å². The average molecular weight is 332 g/mol. The summed E-state index contributed by atoms with van der Waals surface area (Å²) in [6.45, 7) is 7.13. The second-order valence-electron chi connectivity index (χ2n) is 6.90. The van der Waals surface area contributed by atoms with Crippen molar-refractivity contribution in [3.8, 4) is 6.07 Å². The quantitative estimate of drug-likeness (QED) is 0.864. The lowest BCUT2D eigenvalue weighted by molar-refractivity contribution is -0.0442. The van der Waals surface area contributed by atoms with E-state index in [0.717, 1.165) is 32.7 Å². The number of hydrogen-bond acceptors (Lipinski definition) is 5. The molecule has 2 aliphatic rings. The lowest BCUT2D eigenvalue weighted by atomic mass is 9.71. The van der Waals surface area contributed by atoms with Crippen molar-refractivity contribution in [1.29, 1.82) is 5.26 Å². The minimum Gasteiger partial charge on any atom is -0.388 e. The topological polar surface area (TPSA) is 62.5 Å². The molecule has 2 fully saturated rings. The highest BCUT2D eigenvalue weighted by Crippen LogP contribution is 2.37. The molecule has 0 atom stereocenters. The van der Waals surface area contributed by atoms with Gasteiger partial charge < -0.3 is 20.2 Å². The number of nitriles is 1. The van der Waals surface area contributed by atoms with Crippen molar-refractivity contribution < 1.29 is 9.50 Å². The van der Waals surface area contributed by atoms with Crippen molar-refractivity contribution in [3.05, 3.63) is 24.0 Å². The summed E-state index contributed by atoms with van der Waals surface area (Å²) >= 11 is 0. The van der Waals surface area contributed by atoms with E-state index in [2.05, 4.69) is 28.1 Å². The van der Waals surface area contributed by atoms with Gasteiger partial charge in [-0.3, -0.25) is 0 Å². The van der Waals surface area contributed by atoms with Crippen molar-refractivity contribution in [3.63, 3.8) is 0 Å². The standard InChI is InChI=1S/C18H25FN4O/c1-2-22-5-7-23(8-6-22)17-4-3-15(9-16(17)19)21-13-18(24)10-14(11-18)12-20/h3-4,9,14,21,24H,2,5-8,10-11,13H2,1H3. The fourth-order valence-electron chi connectivity index (χ4n) is 3.54. The van der Waals surface area contributed by atoms with Gasteiger partial charge in [0.2, 0.25) is 0 Å². The predicted molar refractivity (Wildman–Crippen MR) is 92.5 cm³/mol. The number of likely N-dealkylation sites (N-methyl/N-ethyl adjacent to an activating group) is 1. The van der Waals surface area contributed by atoms with E-state index in [0.29, 0.717) is 30.8 Å². The number of nitrogens with zero attached hydrogens (tertiary/aromatic N) is 3. The molecule has 130 valence electrons. The lowest BCUT2D eigenvalue weighted by Gasteiger charge is -2.40. The van der Waals surface area contributed by atoms with Crippen molar-refractivity contribution in [1.82, 2.24) is 4.90 Å². The summed E-state index contributed by atoms with van der Waals surface area (Å²) in [6, 6.07) is 7.31. The van der Waals surface area contributed by atoms with E-state index in [9.17, 15) is 9.50 Å². The Hall–Kier alpha value is -1.84. The third-order valence-electron chi connectivity index (χ3n) is 5.16. The van der Waals surface area contributed by atoms with Crippen LogP contribution in [0.4, 0.5) is 15.8 Å². The van der Waals surface area contributed by atoms with Crippen molar-refractivity contribution in [2.24, 2.45) is 5.92 Å². The lowest BCUT2D eigenvalue weighted by Crippen LogP contribution is -2.48. The molecule has 6 heteroatoms. The smallest absolute Gasteiger partial charge is 0.148 e. The van der Waals surface area contributed by atoms with E-state index in [4.69, 9.17) is 5.26 Å². The normalized spacial score (nSPS) is 27.4. The molecule has 0 aromatic heterocycles. The Labute approximate surface area is 142 Å². The number of nitrogens with one attached hydrogen (secondary N) is 1.